The Labute approximate surface area is 141 Å². The number of amides is 1. The summed E-state index contributed by atoms with van der Waals surface area (Å²) < 4.78 is 11.0. The highest BCUT2D eigenvalue weighted by atomic mass is 16.5. The lowest BCUT2D eigenvalue weighted by atomic mass is 10.1. The SMILES string of the molecule is Cc1ccc2[nH]c(CNC(=O)COC[C@@H]3CCCCO3)nc2c1C. The standard InChI is InChI=1S/C18H25N3O3/c1-12-6-7-15-18(13(12)2)21-16(20-15)9-19-17(22)11-23-10-14-5-3-4-8-24-14/h6-7,14H,3-5,8-11H2,1-2H3,(H,19,22)(H,20,21)/t14-/m0/s1. The lowest BCUT2D eigenvalue weighted by Crippen LogP contribution is -2.30. The second-order valence-electron chi connectivity index (χ2n) is 6.37. The number of aromatic nitrogens is 2. The number of carbonyl (C=O) groups is 1. The van der Waals surface area contributed by atoms with Gasteiger partial charge in [0.2, 0.25) is 5.91 Å². The molecule has 2 N–H and O–H groups in total. The van der Waals surface area contributed by atoms with Crippen molar-refractivity contribution in [2.24, 2.45) is 0 Å². The molecule has 2 aromatic rings. The third kappa shape index (κ3) is 4.13. The number of ether oxygens (including phenoxy) is 2. The molecule has 24 heavy (non-hydrogen) atoms. The van der Waals surface area contributed by atoms with Gasteiger partial charge in [-0.15, -0.1) is 0 Å². The first kappa shape index (κ1) is 16.9. The Bertz CT molecular complexity index is 705. The zero-order valence-electron chi connectivity index (χ0n) is 14.4. The molecular formula is C18H25N3O3. The van der Waals surface area contributed by atoms with Crippen molar-refractivity contribution in [2.75, 3.05) is 19.8 Å². The number of benzene rings is 1. The number of carbonyl (C=O) groups excluding carboxylic acids is 1. The van der Waals surface area contributed by atoms with Gasteiger partial charge in [0.15, 0.2) is 0 Å². The number of rotatable bonds is 6. The molecule has 1 amide bonds. The molecule has 2 heterocycles. The Morgan fingerprint density at radius 2 is 2.29 bits per heavy atom. The Hall–Kier alpha value is -1.92. The number of hydrogen-bond donors (Lipinski definition) is 2. The summed E-state index contributed by atoms with van der Waals surface area (Å²) in [5, 5.41) is 2.83. The van der Waals surface area contributed by atoms with Crippen LogP contribution in [0, 0.1) is 13.8 Å². The first-order chi connectivity index (χ1) is 11.6. The summed E-state index contributed by atoms with van der Waals surface area (Å²) in [5.41, 5.74) is 4.33. The summed E-state index contributed by atoms with van der Waals surface area (Å²) in [6.07, 6.45) is 3.44. The van der Waals surface area contributed by atoms with Crippen molar-refractivity contribution in [1.82, 2.24) is 15.3 Å². The molecule has 0 spiro atoms. The van der Waals surface area contributed by atoms with Crippen molar-refractivity contribution in [1.29, 1.82) is 0 Å². The van der Waals surface area contributed by atoms with Crippen LogP contribution >= 0.6 is 0 Å². The van der Waals surface area contributed by atoms with Gasteiger partial charge in [-0.25, -0.2) is 4.98 Å². The van der Waals surface area contributed by atoms with Gasteiger partial charge in [0.25, 0.3) is 0 Å². The van der Waals surface area contributed by atoms with Gasteiger partial charge in [0.05, 0.1) is 30.3 Å². The largest absolute Gasteiger partial charge is 0.376 e. The van der Waals surface area contributed by atoms with Crippen LogP contribution in [0.15, 0.2) is 12.1 Å². The molecule has 3 rings (SSSR count). The molecule has 1 aliphatic rings. The molecule has 1 aromatic carbocycles. The number of nitrogens with one attached hydrogen (secondary N) is 2. The van der Waals surface area contributed by atoms with Crippen LogP contribution in [0.2, 0.25) is 0 Å². The van der Waals surface area contributed by atoms with Crippen molar-refractivity contribution >= 4 is 16.9 Å². The van der Waals surface area contributed by atoms with Crippen LogP contribution in [-0.4, -0.2) is 41.8 Å². The van der Waals surface area contributed by atoms with Gasteiger partial charge in [-0.2, -0.15) is 0 Å². The normalized spacial score (nSPS) is 18.0. The van der Waals surface area contributed by atoms with E-state index in [0.29, 0.717) is 13.2 Å². The molecule has 0 unspecified atom stereocenters. The van der Waals surface area contributed by atoms with Gasteiger partial charge in [-0.1, -0.05) is 6.07 Å². The highest BCUT2D eigenvalue weighted by Crippen LogP contribution is 2.19. The number of fused-ring (bicyclic) bond motifs is 1. The molecule has 6 nitrogen and oxygen atoms in total. The molecule has 1 aliphatic heterocycles. The fourth-order valence-electron chi connectivity index (χ4n) is 2.90. The summed E-state index contributed by atoms with van der Waals surface area (Å²) in [5.74, 6) is 0.613. The van der Waals surface area contributed by atoms with Crippen LogP contribution in [0.5, 0.6) is 0 Å². The van der Waals surface area contributed by atoms with Gasteiger partial charge in [0.1, 0.15) is 12.4 Å². The first-order valence-corrected chi connectivity index (χ1v) is 8.54. The predicted molar refractivity (Wildman–Crippen MR) is 91.8 cm³/mol. The van der Waals surface area contributed by atoms with Crippen molar-refractivity contribution < 1.29 is 14.3 Å². The smallest absolute Gasteiger partial charge is 0.246 e. The number of aromatic amines is 1. The van der Waals surface area contributed by atoms with E-state index in [0.717, 1.165) is 41.9 Å². The van der Waals surface area contributed by atoms with Crippen molar-refractivity contribution in [3.8, 4) is 0 Å². The quantitative estimate of drug-likeness (QED) is 0.852. The van der Waals surface area contributed by atoms with Gasteiger partial charge in [-0.3, -0.25) is 4.79 Å². The average Bonchev–Trinajstić information content (AvgIpc) is 3.01. The van der Waals surface area contributed by atoms with Crippen molar-refractivity contribution in [3.05, 3.63) is 29.1 Å². The molecule has 1 aromatic heterocycles. The lowest BCUT2D eigenvalue weighted by Gasteiger charge is -2.22. The molecular weight excluding hydrogens is 306 g/mol. The molecule has 0 radical (unpaired) electrons. The lowest BCUT2D eigenvalue weighted by molar-refractivity contribution is -0.128. The molecule has 0 saturated carbocycles. The Balaban J connectivity index is 1.45. The molecule has 1 atom stereocenters. The van der Waals surface area contributed by atoms with E-state index >= 15 is 0 Å². The average molecular weight is 331 g/mol. The molecule has 130 valence electrons. The van der Waals surface area contributed by atoms with E-state index < -0.39 is 0 Å². The zero-order valence-corrected chi connectivity index (χ0v) is 14.4. The maximum atomic E-state index is 11.9. The van der Waals surface area contributed by atoms with Crippen LogP contribution in [0.4, 0.5) is 0 Å². The Kier molecular flexibility index (Phi) is 5.48. The van der Waals surface area contributed by atoms with E-state index in [1.165, 1.54) is 12.0 Å². The Morgan fingerprint density at radius 3 is 3.08 bits per heavy atom. The van der Waals surface area contributed by atoms with E-state index in [1.54, 1.807) is 0 Å². The third-order valence-electron chi connectivity index (χ3n) is 4.49. The van der Waals surface area contributed by atoms with Crippen LogP contribution in [-0.2, 0) is 20.8 Å². The third-order valence-corrected chi connectivity index (χ3v) is 4.49. The summed E-state index contributed by atoms with van der Waals surface area (Å²) in [6.45, 7) is 5.83. The van der Waals surface area contributed by atoms with Crippen LogP contribution in [0.1, 0.15) is 36.2 Å². The number of nitrogens with zero attached hydrogens (tertiary/aromatic N) is 1. The summed E-state index contributed by atoms with van der Waals surface area (Å²) in [6, 6.07) is 4.09. The molecule has 1 fully saturated rings. The van der Waals surface area contributed by atoms with Gasteiger partial charge < -0.3 is 19.8 Å². The van der Waals surface area contributed by atoms with Gasteiger partial charge in [0, 0.05) is 6.61 Å². The predicted octanol–water partition coefficient (Wildman–Crippen LogP) is 2.38. The number of hydrogen-bond acceptors (Lipinski definition) is 4. The topological polar surface area (TPSA) is 76.2 Å². The van der Waals surface area contributed by atoms with Crippen LogP contribution in [0.3, 0.4) is 0 Å². The highest BCUT2D eigenvalue weighted by Gasteiger charge is 2.14. The Morgan fingerprint density at radius 1 is 1.42 bits per heavy atom. The molecule has 0 bridgehead atoms. The summed E-state index contributed by atoms with van der Waals surface area (Å²) in [7, 11) is 0. The fourth-order valence-corrected chi connectivity index (χ4v) is 2.90. The van der Waals surface area contributed by atoms with E-state index in [9.17, 15) is 4.79 Å². The second kappa shape index (κ2) is 7.77. The van der Waals surface area contributed by atoms with Crippen molar-refractivity contribution in [2.45, 2.75) is 45.8 Å². The van der Waals surface area contributed by atoms with Crippen LogP contribution in [0.25, 0.3) is 11.0 Å². The summed E-state index contributed by atoms with van der Waals surface area (Å²) >= 11 is 0. The number of imidazole rings is 1. The minimum absolute atomic E-state index is 0.0538. The van der Waals surface area contributed by atoms with E-state index in [2.05, 4.69) is 35.2 Å². The van der Waals surface area contributed by atoms with E-state index in [4.69, 9.17) is 9.47 Å². The second-order valence-corrected chi connectivity index (χ2v) is 6.37. The number of H-pyrrole nitrogens is 1. The first-order valence-electron chi connectivity index (χ1n) is 8.54. The number of aryl methyl sites for hydroxylation is 2. The summed E-state index contributed by atoms with van der Waals surface area (Å²) in [4.78, 5) is 19.7. The highest BCUT2D eigenvalue weighted by molar-refractivity contribution is 5.80. The van der Waals surface area contributed by atoms with Crippen LogP contribution < -0.4 is 5.32 Å². The molecule has 6 heteroatoms. The molecule has 1 saturated heterocycles. The maximum Gasteiger partial charge on any atom is 0.246 e. The van der Waals surface area contributed by atoms with E-state index in [1.807, 2.05) is 6.07 Å². The zero-order chi connectivity index (χ0) is 16.9. The van der Waals surface area contributed by atoms with Crippen molar-refractivity contribution in [3.63, 3.8) is 0 Å². The monoisotopic (exact) mass is 331 g/mol. The van der Waals surface area contributed by atoms with Gasteiger partial charge >= 0.3 is 0 Å². The maximum absolute atomic E-state index is 11.9. The fraction of sp³-hybridized carbons (Fsp3) is 0.556. The molecule has 0 aliphatic carbocycles. The minimum atomic E-state index is -0.140. The van der Waals surface area contributed by atoms with Gasteiger partial charge in [-0.05, 0) is 50.3 Å². The van der Waals surface area contributed by atoms with E-state index in [-0.39, 0.29) is 18.6 Å². The minimum Gasteiger partial charge on any atom is -0.376 e.